The van der Waals surface area contributed by atoms with Crippen LogP contribution in [0.3, 0.4) is 0 Å². The Kier molecular flexibility index (Phi) is 3.31. The maximum atomic E-state index is 11.4. The lowest BCUT2D eigenvalue weighted by molar-refractivity contribution is -0.148. The Morgan fingerprint density at radius 3 is 2.69 bits per heavy atom. The molecule has 1 atom stereocenters. The van der Waals surface area contributed by atoms with E-state index in [-0.39, 0.29) is 17.4 Å². The van der Waals surface area contributed by atoms with Crippen molar-refractivity contribution in [2.75, 3.05) is 13.2 Å². The first-order valence-corrected chi connectivity index (χ1v) is 4.89. The van der Waals surface area contributed by atoms with Crippen molar-refractivity contribution in [3.8, 4) is 0 Å². The zero-order chi connectivity index (χ0) is 9.90. The summed E-state index contributed by atoms with van der Waals surface area (Å²) in [6.45, 7) is 7.62. The monoisotopic (exact) mass is 185 g/mol. The molecule has 0 spiro atoms. The van der Waals surface area contributed by atoms with Crippen LogP contribution in [-0.2, 0) is 9.53 Å². The Hall–Kier alpha value is -0.570. The second-order valence-electron chi connectivity index (χ2n) is 4.82. The molecule has 1 aliphatic rings. The van der Waals surface area contributed by atoms with Crippen LogP contribution in [-0.4, -0.2) is 25.2 Å². The standard InChI is InChI=1S/C10H19NO2/c1-10(2,3)7-13-9(12)8-5-4-6-11-8/h8,11H,4-7H2,1-3H3/t8-/m0/s1. The van der Waals surface area contributed by atoms with Gasteiger partial charge in [-0.1, -0.05) is 20.8 Å². The summed E-state index contributed by atoms with van der Waals surface area (Å²) >= 11 is 0. The fourth-order valence-electron chi connectivity index (χ4n) is 1.27. The molecule has 0 aromatic heterocycles. The van der Waals surface area contributed by atoms with Crippen molar-refractivity contribution in [3.05, 3.63) is 0 Å². The van der Waals surface area contributed by atoms with Gasteiger partial charge in [0.05, 0.1) is 6.61 Å². The molecular formula is C10H19NO2. The third-order valence-electron chi connectivity index (χ3n) is 1.99. The number of carbonyl (C=O) groups is 1. The number of hydrogen-bond acceptors (Lipinski definition) is 3. The smallest absolute Gasteiger partial charge is 0.323 e. The molecule has 13 heavy (non-hydrogen) atoms. The van der Waals surface area contributed by atoms with Crippen LogP contribution in [0.5, 0.6) is 0 Å². The van der Waals surface area contributed by atoms with Crippen LogP contribution in [0.1, 0.15) is 33.6 Å². The van der Waals surface area contributed by atoms with Gasteiger partial charge >= 0.3 is 5.97 Å². The first-order valence-electron chi connectivity index (χ1n) is 4.89. The second kappa shape index (κ2) is 4.09. The maximum Gasteiger partial charge on any atom is 0.323 e. The molecular weight excluding hydrogens is 166 g/mol. The topological polar surface area (TPSA) is 38.3 Å². The molecule has 1 heterocycles. The summed E-state index contributed by atoms with van der Waals surface area (Å²) in [6, 6.07) is -0.0534. The molecule has 76 valence electrons. The normalized spacial score (nSPS) is 23.2. The zero-order valence-electron chi connectivity index (χ0n) is 8.72. The highest BCUT2D eigenvalue weighted by atomic mass is 16.5. The lowest BCUT2D eigenvalue weighted by atomic mass is 9.99. The van der Waals surface area contributed by atoms with Crippen molar-refractivity contribution in [1.29, 1.82) is 0 Å². The van der Waals surface area contributed by atoms with Gasteiger partial charge in [-0.15, -0.1) is 0 Å². The lowest BCUT2D eigenvalue weighted by Gasteiger charge is -2.19. The minimum Gasteiger partial charge on any atom is -0.464 e. The summed E-state index contributed by atoms with van der Waals surface area (Å²) < 4.78 is 5.19. The van der Waals surface area contributed by atoms with Gasteiger partial charge in [-0.05, 0) is 24.8 Å². The minimum absolute atomic E-state index is 0.0534. The van der Waals surface area contributed by atoms with Crippen LogP contribution in [0.25, 0.3) is 0 Å². The number of ether oxygens (including phenoxy) is 1. The van der Waals surface area contributed by atoms with Crippen LogP contribution >= 0.6 is 0 Å². The summed E-state index contributed by atoms with van der Waals surface area (Å²) in [5.74, 6) is -0.0903. The lowest BCUT2D eigenvalue weighted by Crippen LogP contribution is -2.34. The second-order valence-corrected chi connectivity index (χ2v) is 4.82. The number of rotatable bonds is 2. The Morgan fingerprint density at radius 1 is 1.54 bits per heavy atom. The van der Waals surface area contributed by atoms with Gasteiger partial charge in [0.25, 0.3) is 0 Å². The third-order valence-corrected chi connectivity index (χ3v) is 1.99. The van der Waals surface area contributed by atoms with Gasteiger partial charge in [0.2, 0.25) is 0 Å². The molecule has 0 bridgehead atoms. The van der Waals surface area contributed by atoms with Crippen molar-refractivity contribution >= 4 is 5.97 Å². The fourth-order valence-corrected chi connectivity index (χ4v) is 1.27. The van der Waals surface area contributed by atoms with Gasteiger partial charge < -0.3 is 10.1 Å². The summed E-state index contributed by atoms with van der Waals surface area (Å²) in [6.07, 6.45) is 2.00. The number of esters is 1. The predicted octanol–water partition coefficient (Wildman–Crippen LogP) is 1.33. The molecule has 1 rings (SSSR count). The van der Waals surface area contributed by atoms with E-state index in [0.717, 1.165) is 19.4 Å². The molecule has 1 fully saturated rings. The van der Waals surface area contributed by atoms with E-state index < -0.39 is 0 Å². The molecule has 1 N–H and O–H groups in total. The summed E-state index contributed by atoms with van der Waals surface area (Å²) in [7, 11) is 0. The Labute approximate surface area is 79.8 Å². The number of hydrogen-bond donors (Lipinski definition) is 1. The molecule has 0 unspecified atom stereocenters. The van der Waals surface area contributed by atoms with Gasteiger partial charge in [-0.2, -0.15) is 0 Å². The van der Waals surface area contributed by atoms with Gasteiger partial charge in [-0.3, -0.25) is 4.79 Å². The van der Waals surface area contributed by atoms with Gasteiger partial charge in [0.1, 0.15) is 6.04 Å². The summed E-state index contributed by atoms with van der Waals surface area (Å²) in [5, 5.41) is 3.12. The van der Waals surface area contributed by atoms with Crippen molar-refractivity contribution < 1.29 is 9.53 Å². The Balaban J connectivity index is 2.25. The third kappa shape index (κ3) is 3.77. The molecule has 0 aliphatic carbocycles. The first kappa shape index (κ1) is 10.5. The van der Waals surface area contributed by atoms with Crippen LogP contribution in [0.15, 0.2) is 0 Å². The van der Waals surface area contributed by atoms with E-state index in [4.69, 9.17) is 4.74 Å². The van der Waals surface area contributed by atoms with E-state index in [9.17, 15) is 4.79 Å². The predicted molar refractivity (Wildman–Crippen MR) is 51.4 cm³/mol. The van der Waals surface area contributed by atoms with E-state index in [1.807, 2.05) is 0 Å². The summed E-state index contributed by atoms with van der Waals surface area (Å²) in [5.41, 5.74) is 0.0638. The van der Waals surface area contributed by atoms with Crippen molar-refractivity contribution in [2.45, 2.75) is 39.7 Å². The molecule has 0 amide bonds. The first-order chi connectivity index (χ1) is 5.99. The number of carbonyl (C=O) groups excluding carboxylic acids is 1. The largest absolute Gasteiger partial charge is 0.464 e. The van der Waals surface area contributed by atoms with Gasteiger partial charge in [-0.25, -0.2) is 0 Å². The average Bonchev–Trinajstić information content (AvgIpc) is 2.50. The molecule has 1 aliphatic heterocycles. The van der Waals surface area contributed by atoms with Crippen molar-refractivity contribution in [1.82, 2.24) is 5.32 Å². The van der Waals surface area contributed by atoms with Gasteiger partial charge in [0, 0.05) is 0 Å². The van der Waals surface area contributed by atoms with Crippen LogP contribution < -0.4 is 5.32 Å². The van der Waals surface area contributed by atoms with Crippen LogP contribution in [0.4, 0.5) is 0 Å². The zero-order valence-corrected chi connectivity index (χ0v) is 8.72. The quantitative estimate of drug-likeness (QED) is 0.659. The van der Waals surface area contributed by atoms with E-state index in [1.54, 1.807) is 0 Å². The molecule has 3 nitrogen and oxygen atoms in total. The highest BCUT2D eigenvalue weighted by molar-refractivity contribution is 5.76. The molecule has 1 saturated heterocycles. The molecule has 3 heteroatoms. The molecule has 0 saturated carbocycles. The van der Waals surface area contributed by atoms with Crippen molar-refractivity contribution in [3.63, 3.8) is 0 Å². The minimum atomic E-state index is -0.0903. The SMILES string of the molecule is CC(C)(C)COC(=O)[C@@H]1CCCN1. The van der Waals surface area contributed by atoms with Crippen LogP contribution in [0.2, 0.25) is 0 Å². The Bertz CT molecular complexity index is 178. The van der Waals surface area contributed by atoms with Crippen molar-refractivity contribution in [2.24, 2.45) is 5.41 Å². The fraction of sp³-hybridized carbons (Fsp3) is 0.900. The molecule has 0 aromatic carbocycles. The highest BCUT2D eigenvalue weighted by Crippen LogP contribution is 2.14. The highest BCUT2D eigenvalue weighted by Gasteiger charge is 2.24. The van der Waals surface area contributed by atoms with E-state index in [0.29, 0.717) is 6.61 Å². The van der Waals surface area contributed by atoms with E-state index in [2.05, 4.69) is 26.1 Å². The average molecular weight is 185 g/mol. The Morgan fingerprint density at radius 2 is 2.23 bits per heavy atom. The van der Waals surface area contributed by atoms with Crippen LogP contribution in [0, 0.1) is 5.41 Å². The van der Waals surface area contributed by atoms with Gasteiger partial charge in [0.15, 0.2) is 0 Å². The molecule has 0 aromatic rings. The molecule has 0 radical (unpaired) electrons. The maximum absolute atomic E-state index is 11.4. The van der Waals surface area contributed by atoms with E-state index >= 15 is 0 Å². The summed E-state index contributed by atoms with van der Waals surface area (Å²) in [4.78, 5) is 11.4. The van der Waals surface area contributed by atoms with E-state index in [1.165, 1.54) is 0 Å². The number of nitrogens with one attached hydrogen (secondary N) is 1.